The molecule has 3 unspecified atom stereocenters. The molecule has 1 fully saturated rings. The van der Waals surface area contributed by atoms with Crippen molar-refractivity contribution in [1.82, 2.24) is 25.5 Å². The topological polar surface area (TPSA) is 197 Å². The normalized spacial score (nSPS) is 17.7. The number of amides is 3. The highest BCUT2D eigenvalue weighted by Gasteiger charge is 2.38. The number of carbonyl (C=O) groups excluding carboxylic acids is 3. The van der Waals surface area contributed by atoms with E-state index in [9.17, 15) is 19.2 Å². The summed E-state index contributed by atoms with van der Waals surface area (Å²) in [4.78, 5) is 57.2. The number of carboxylic acids is 1. The number of hydrogen-bond donors (Lipinski definition) is 6. The van der Waals surface area contributed by atoms with Crippen molar-refractivity contribution < 1.29 is 24.3 Å². The minimum atomic E-state index is -1.17. The van der Waals surface area contributed by atoms with Gasteiger partial charge in [0.25, 0.3) is 0 Å². The van der Waals surface area contributed by atoms with Gasteiger partial charge in [0.05, 0.1) is 12.4 Å². The quantitative estimate of drug-likeness (QED) is 0.203. The predicted octanol–water partition coefficient (Wildman–Crippen LogP) is -1.91. The molecule has 172 valence electrons. The largest absolute Gasteiger partial charge is 0.480 e. The number of H-pyrrole nitrogens is 1. The molecule has 1 aromatic heterocycles. The molecule has 12 nitrogen and oxygen atoms in total. The molecule has 31 heavy (non-hydrogen) atoms. The van der Waals surface area contributed by atoms with E-state index in [0.717, 1.165) is 6.42 Å². The van der Waals surface area contributed by atoms with Crippen molar-refractivity contribution >= 4 is 23.7 Å². The molecule has 0 saturated carbocycles. The molecule has 0 aliphatic carbocycles. The van der Waals surface area contributed by atoms with Crippen molar-refractivity contribution in [2.24, 2.45) is 11.5 Å². The summed E-state index contributed by atoms with van der Waals surface area (Å²) in [6.45, 7) is 0.320. The Morgan fingerprint density at radius 1 is 1.32 bits per heavy atom. The summed E-state index contributed by atoms with van der Waals surface area (Å²) < 4.78 is 0. The fraction of sp³-hybridized carbons (Fsp3) is 0.632. The molecule has 0 bridgehead atoms. The van der Waals surface area contributed by atoms with E-state index >= 15 is 0 Å². The van der Waals surface area contributed by atoms with E-state index in [1.54, 1.807) is 6.20 Å². The van der Waals surface area contributed by atoms with Gasteiger partial charge in [0.15, 0.2) is 0 Å². The number of hydrogen-bond acceptors (Lipinski definition) is 7. The maximum atomic E-state index is 13.3. The first kappa shape index (κ1) is 24.3. The zero-order valence-electron chi connectivity index (χ0n) is 17.4. The van der Waals surface area contributed by atoms with Crippen LogP contribution in [0.4, 0.5) is 0 Å². The van der Waals surface area contributed by atoms with Crippen LogP contribution in [-0.2, 0) is 25.6 Å². The smallest absolute Gasteiger partial charge is 0.322 e. The molecule has 0 spiro atoms. The first-order valence-electron chi connectivity index (χ1n) is 10.4. The van der Waals surface area contributed by atoms with Gasteiger partial charge in [0.2, 0.25) is 17.7 Å². The van der Waals surface area contributed by atoms with Gasteiger partial charge in [-0.05, 0) is 32.2 Å². The second-order valence-electron chi connectivity index (χ2n) is 7.53. The minimum Gasteiger partial charge on any atom is -0.480 e. The average Bonchev–Trinajstić information content (AvgIpc) is 3.43. The second-order valence-corrected chi connectivity index (χ2v) is 7.53. The zero-order valence-corrected chi connectivity index (χ0v) is 17.4. The van der Waals surface area contributed by atoms with Crippen LogP contribution in [0, 0.1) is 0 Å². The number of aliphatic carboxylic acids is 1. The molecule has 12 heteroatoms. The summed E-state index contributed by atoms with van der Waals surface area (Å²) in [5.74, 6) is -2.58. The summed E-state index contributed by atoms with van der Waals surface area (Å²) in [6, 6.07) is -2.51. The monoisotopic (exact) mass is 437 g/mol. The third kappa shape index (κ3) is 7.33. The number of likely N-dealkylation sites (tertiary alicyclic amines) is 1. The van der Waals surface area contributed by atoms with Crippen LogP contribution in [-0.4, -0.2) is 81.4 Å². The van der Waals surface area contributed by atoms with Crippen LogP contribution in [0.25, 0.3) is 0 Å². The van der Waals surface area contributed by atoms with Crippen LogP contribution in [0.5, 0.6) is 0 Å². The Hall–Kier alpha value is -2.99. The Balaban J connectivity index is 2.09. The first-order chi connectivity index (χ1) is 14.8. The lowest BCUT2D eigenvalue weighted by Crippen LogP contribution is -2.56. The van der Waals surface area contributed by atoms with Crippen molar-refractivity contribution in [3.63, 3.8) is 0 Å². The van der Waals surface area contributed by atoms with Gasteiger partial charge < -0.3 is 37.1 Å². The number of unbranched alkanes of at least 4 members (excludes halogenated alkanes) is 1. The molecular formula is C19H31N7O5. The molecular weight excluding hydrogens is 406 g/mol. The molecule has 3 atom stereocenters. The van der Waals surface area contributed by atoms with Crippen molar-refractivity contribution in [3.05, 3.63) is 18.2 Å². The third-order valence-electron chi connectivity index (χ3n) is 5.15. The maximum Gasteiger partial charge on any atom is 0.322 e. The lowest BCUT2D eigenvalue weighted by molar-refractivity contribution is -0.142. The van der Waals surface area contributed by atoms with Crippen molar-refractivity contribution in [2.45, 2.75) is 56.7 Å². The number of nitrogens with two attached hydrogens (primary N) is 2. The third-order valence-corrected chi connectivity index (χ3v) is 5.15. The van der Waals surface area contributed by atoms with Gasteiger partial charge in [-0.1, -0.05) is 6.42 Å². The molecule has 0 radical (unpaired) electrons. The van der Waals surface area contributed by atoms with E-state index in [2.05, 4.69) is 20.6 Å². The highest BCUT2D eigenvalue weighted by Crippen LogP contribution is 2.19. The van der Waals surface area contributed by atoms with Crippen molar-refractivity contribution in [1.29, 1.82) is 0 Å². The summed E-state index contributed by atoms with van der Waals surface area (Å²) >= 11 is 0. The SMILES string of the molecule is NCCCCC(N)C(=O)NC(Cc1cnc[nH]1)C(=O)N1CCCC1C(=O)NCC(=O)O. The number of nitrogens with one attached hydrogen (secondary N) is 3. The van der Waals surface area contributed by atoms with Gasteiger partial charge in [-0.25, -0.2) is 4.98 Å². The van der Waals surface area contributed by atoms with Crippen molar-refractivity contribution in [2.75, 3.05) is 19.6 Å². The van der Waals surface area contributed by atoms with Crippen LogP contribution >= 0.6 is 0 Å². The maximum absolute atomic E-state index is 13.3. The molecule has 1 aliphatic rings. The van der Waals surface area contributed by atoms with E-state index in [4.69, 9.17) is 16.6 Å². The molecule has 0 aromatic carbocycles. The number of imidazole rings is 1. The number of aromatic nitrogens is 2. The number of nitrogens with zero attached hydrogens (tertiary/aromatic N) is 2. The Kier molecular flexibility index (Phi) is 9.40. The highest BCUT2D eigenvalue weighted by atomic mass is 16.4. The van der Waals surface area contributed by atoms with Crippen LogP contribution in [0.3, 0.4) is 0 Å². The van der Waals surface area contributed by atoms with Crippen LogP contribution in [0.2, 0.25) is 0 Å². The van der Waals surface area contributed by atoms with Crippen LogP contribution in [0.15, 0.2) is 12.5 Å². The van der Waals surface area contributed by atoms with Crippen LogP contribution in [0.1, 0.15) is 37.8 Å². The summed E-state index contributed by atoms with van der Waals surface area (Å²) in [5, 5.41) is 13.8. The van der Waals surface area contributed by atoms with Gasteiger partial charge in [0, 0.05) is 24.9 Å². The Morgan fingerprint density at radius 3 is 2.74 bits per heavy atom. The Morgan fingerprint density at radius 2 is 2.10 bits per heavy atom. The van der Waals surface area contributed by atoms with Gasteiger partial charge in [-0.3, -0.25) is 19.2 Å². The van der Waals surface area contributed by atoms with E-state index < -0.39 is 48.4 Å². The Labute approximate surface area is 180 Å². The molecule has 1 aliphatic heterocycles. The first-order valence-corrected chi connectivity index (χ1v) is 10.4. The number of carbonyl (C=O) groups is 4. The molecule has 2 heterocycles. The molecule has 8 N–H and O–H groups in total. The van der Waals surface area contributed by atoms with E-state index in [-0.39, 0.29) is 6.42 Å². The predicted molar refractivity (Wildman–Crippen MR) is 110 cm³/mol. The van der Waals surface area contributed by atoms with Gasteiger partial charge in [-0.15, -0.1) is 0 Å². The van der Waals surface area contributed by atoms with E-state index in [1.165, 1.54) is 11.2 Å². The average molecular weight is 438 g/mol. The highest BCUT2D eigenvalue weighted by molar-refractivity contribution is 5.94. The standard InChI is InChI=1S/C19H31N7O5/c20-6-2-1-4-13(21)17(29)25-14(8-12-9-22-11-24-12)19(31)26-7-3-5-15(26)18(30)23-10-16(27)28/h9,11,13-15H,1-8,10,20-21H2,(H,22,24)(H,23,30)(H,25,29)(H,27,28). The zero-order chi connectivity index (χ0) is 22.8. The fourth-order valence-electron chi connectivity index (χ4n) is 3.52. The molecule has 1 aromatic rings. The lowest BCUT2D eigenvalue weighted by Gasteiger charge is -2.29. The van der Waals surface area contributed by atoms with Gasteiger partial charge in [-0.2, -0.15) is 0 Å². The number of aromatic amines is 1. The molecule has 1 saturated heterocycles. The molecule has 3 amide bonds. The summed E-state index contributed by atoms with van der Waals surface area (Å²) in [5.41, 5.74) is 12.1. The number of carboxylic acid groups (broad SMARTS) is 1. The van der Waals surface area contributed by atoms with Crippen LogP contribution < -0.4 is 22.1 Å². The number of rotatable bonds is 12. The van der Waals surface area contributed by atoms with Gasteiger partial charge in [0.1, 0.15) is 18.6 Å². The van der Waals surface area contributed by atoms with E-state index in [1.807, 2.05) is 0 Å². The Bertz CT molecular complexity index is 755. The lowest BCUT2D eigenvalue weighted by atomic mass is 10.1. The minimum absolute atomic E-state index is 0.153. The summed E-state index contributed by atoms with van der Waals surface area (Å²) in [7, 11) is 0. The van der Waals surface area contributed by atoms with Crippen molar-refractivity contribution in [3.8, 4) is 0 Å². The fourth-order valence-corrected chi connectivity index (χ4v) is 3.52. The molecule has 2 rings (SSSR count). The van der Waals surface area contributed by atoms with E-state index in [0.29, 0.717) is 44.5 Å². The van der Waals surface area contributed by atoms with Gasteiger partial charge >= 0.3 is 5.97 Å². The second kappa shape index (κ2) is 12.0. The summed E-state index contributed by atoms with van der Waals surface area (Å²) in [6.07, 6.45) is 6.07.